The van der Waals surface area contributed by atoms with Gasteiger partial charge in [0, 0.05) is 72.2 Å². The molecule has 50 heavy (non-hydrogen) atoms. The number of aromatic nitrogens is 1. The maximum atomic E-state index is 14.6. The van der Waals surface area contributed by atoms with Gasteiger partial charge in [0.05, 0.1) is 4.88 Å². The minimum Gasteiger partial charge on any atom is -0.361 e. The summed E-state index contributed by atoms with van der Waals surface area (Å²) in [7, 11) is 4.10. The number of aromatic amines is 1. The van der Waals surface area contributed by atoms with Crippen molar-refractivity contribution in [2.75, 3.05) is 45.2 Å². The lowest BCUT2D eigenvalue weighted by Gasteiger charge is -2.37. The van der Waals surface area contributed by atoms with Gasteiger partial charge >= 0.3 is 0 Å². The van der Waals surface area contributed by atoms with Crippen LogP contribution in [0.2, 0.25) is 5.02 Å². The Bertz CT molecular complexity index is 2010. The number of H-pyrrole nitrogens is 1. The Balaban J connectivity index is 1.03. The van der Waals surface area contributed by atoms with E-state index in [1.165, 1.54) is 11.3 Å². The summed E-state index contributed by atoms with van der Waals surface area (Å²) < 4.78 is 0. The summed E-state index contributed by atoms with van der Waals surface area (Å²) in [4.78, 5) is 51.7. The fraction of sp³-hybridized carbons (Fsp3) is 0.375. The van der Waals surface area contributed by atoms with E-state index in [1.807, 2.05) is 102 Å². The van der Waals surface area contributed by atoms with Crippen molar-refractivity contribution in [2.45, 2.75) is 44.6 Å². The number of amides is 3. The summed E-state index contributed by atoms with van der Waals surface area (Å²) in [6, 6.07) is 21.1. The number of carbonyl (C=O) groups is 3. The van der Waals surface area contributed by atoms with Crippen molar-refractivity contribution in [1.82, 2.24) is 20.1 Å². The molecule has 1 fully saturated rings. The van der Waals surface area contributed by atoms with Crippen LogP contribution in [0.3, 0.4) is 0 Å². The first-order chi connectivity index (χ1) is 24.2. The van der Waals surface area contributed by atoms with Crippen LogP contribution in [-0.4, -0.2) is 78.8 Å². The highest BCUT2D eigenvalue weighted by atomic mass is 35.5. The first-order valence-corrected chi connectivity index (χ1v) is 18.8. The topological polar surface area (TPSA) is 88.8 Å². The third-order valence-corrected chi connectivity index (χ3v) is 11.5. The number of likely N-dealkylation sites (tertiary alicyclic amines) is 1. The van der Waals surface area contributed by atoms with Gasteiger partial charge in [0.15, 0.2) is 0 Å². The Morgan fingerprint density at radius 2 is 1.76 bits per heavy atom. The Morgan fingerprint density at radius 1 is 1.00 bits per heavy atom. The summed E-state index contributed by atoms with van der Waals surface area (Å²) in [5.74, 6) is 0.452. The van der Waals surface area contributed by atoms with Crippen molar-refractivity contribution in [1.29, 1.82) is 0 Å². The molecule has 2 aliphatic rings. The molecule has 0 aliphatic carbocycles. The van der Waals surface area contributed by atoms with Gasteiger partial charge in [-0.1, -0.05) is 54.1 Å². The number of hydrogen-bond donors (Lipinski definition) is 2. The van der Waals surface area contributed by atoms with Crippen molar-refractivity contribution in [2.24, 2.45) is 11.8 Å². The summed E-state index contributed by atoms with van der Waals surface area (Å²) >= 11 is 7.93. The normalized spacial score (nSPS) is 17.3. The summed E-state index contributed by atoms with van der Waals surface area (Å²) in [5, 5.41) is 9.04. The Kier molecular flexibility index (Phi) is 10.3. The van der Waals surface area contributed by atoms with Crippen LogP contribution < -0.4 is 10.2 Å². The highest BCUT2D eigenvalue weighted by molar-refractivity contribution is 7.13. The molecule has 0 radical (unpaired) electrons. The van der Waals surface area contributed by atoms with E-state index in [4.69, 9.17) is 11.6 Å². The van der Waals surface area contributed by atoms with E-state index in [0.29, 0.717) is 43.4 Å². The number of thiophene rings is 1. The van der Waals surface area contributed by atoms with Gasteiger partial charge in [-0.3, -0.25) is 14.4 Å². The van der Waals surface area contributed by atoms with Gasteiger partial charge in [-0.25, -0.2) is 0 Å². The molecule has 0 saturated carbocycles. The number of benzene rings is 3. The molecule has 2 aromatic heterocycles. The number of carbonyl (C=O) groups excluding carboxylic acids is 3. The lowest BCUT2D eigenvalue weighted by molar-refractivity contribution is -0.127. The molecular formula is C40H44ClN5O3S. The van der Waals surface area contributed by atoms with Gasteiger partial charge in [0.2, 0.25) is 11.8 Å². The van der Waals surface area contributed by atoms with E-state index < -0.39 is 6.04 Å². The molecule has 0 unspecified atom stereocenters. The van der Waals surface area contributed by atoms with Gasteiger partial charge < -0.3 is 25.0 Å². The molecule has 2 aliphatic heterocycles. The number of hydrogen-bond acceptors (Lipinski definition) is 5. The maximum absolute atomic E-state index is 14.6. The summed E-state index contributed by atoms with van der Waals surface area (Å²) in [5.41, 5.74) is 3.91. The molecule has 4 heterocycles. The van der Waals surface area contributed by atoms with Gasteiger partial charge in [0.25, 0.3) is 5.91 Å². The molecule has 0 spiro atoms. The Labute approximate surface area is 302 Å². The van der Waals surface area contributed by atoms with Crippen LogP contribution in [0.15, 0.2) is 78.3 Å². The second kappa shape index (κ2) is 15.0. The van der Waals surface area contributed by atoms with Crippen molar-refractivity contribution in [3.63, 3.8) is 0 Å². The fourth-order valence-electron chi connectivity index (χ4n) is 7.80. The third kappa shape index (κ3) is 7.45. The van der Waals surface area contributed by atoms with Crippen LogP contribution in [0, 0.1) is 11.8 Å². The summed E-state index contributed by atoms with van der Waals surface area (Å²) in [6.07, 6.45) is 5.95. The van der Waals surface area contributed by atoms with Crippen molar-refractivity contribution >= 4 is 68.0 Å². The van der Waals surface area contributed by atoms with Gasteiger partial charge in [-0.15, -0.1) is 11.3 Å². The van der Waals surface area contributed by atoms with Crippen LogP contribution in [0.25, 0.3) is 21.7 Å². The van der Waals surface area contributed by atoms with E-state index in [0.717, 1.165) is 75.6 Å². The average Bonchev–Trinajstić information content (AvgIpc) is 3.74. The molecule has 260 valence electrons. The lowest BCUT2D eigenvalue weighted by atomic mass is 9.90. The molecular weight excluding hydrogens is 666 g/mol. The van der Waals surface area contributed by atoms with Crippen LogP contribution in [0.4, 0.5) is 5.69 Å². The molecule has 7 rings (SSSR count). The van der Waals surface area contributed by atoms with Gasteiger partial charge in [0.1, 0.15) is 6.04 Å². The van der Waals surface area contributed by atoms with Gasteiger partial charge in [-0.05, 0) is 97.8 Å². The minimum atomic E-state index is -0.733. The molecule has 5 aromatic rings. The first-order valence-electron chi connectivity index (χ1n) is 17.6. The third-order valence-electron chi connectivity index (χ3n) is 10.3. The number of anilines is 1. The zero-order chi connectivity index (χ0) is 34.8. The predicted octanol–water partition coefficient (Wildman–Crippen LogP) is 7.16. The fourth-order valence-corrected chi connectivity index (χ4v) is 8.98. The van der Waals surface area contributed by atoms with E-state index in [1.54, 1.807) is 0 Å². The van der Waals surface area contributed by atoms with E-state index >= 15 is 0 Å². The predicted molar refractivity (Wildman–Crippen MR) is 203 cm³/mol. The highest BCUT2D eigenvalue weighted by Crippen LogP contribution is 2.34. The molecule has 3 aromatic carbocycles. The number of rotatable bonds is 10. The molecule has 1 saturated heterocycles. The number of fused-ring (bicyclic) bond motifs is 3. The van der Waals surface area contributed by atoms with Crippen molar-refractivity contribution in [3.8, 4) is 0 Å². The van der Waals surface area contributed by atoms with Crippen LogP contribution >= 0.6 is 22.9 Å². The van der Waals surface area contributed by atoms with E-state index in [2.05, 4.69) is 15.2 Å². The number of para-hydroxylation sites is 1. The number of halogens is 1. The smallest absolute Gasteiger partial charge is 0.264 e. The summed E-state index contributed by atoms with van der Waals surface area (Å²) in [6.45, 7) is 2.78. The van der Waals surface area contributed by atoms with Gasteiger partial charge in [-0.2, -0.15) is 0 Å². The van der Waals surface area contributed by atoms with Crippen LogP contribution in [0.1, 0.15) is 46.5 Å². The number of piperidine rings is 1. The number of nitrogens with zero attached hydrogens (tertiary/aromatic N) is 3. The standard InChI is InChI=1S/C40H44ClN5O3S/c1-44(2)23-27-19-29-20-31(41)12-13-36(29)46(24-27)39(48)35(21-30-22-42-34-10-6-5-8-32(30)34)43-37(47)14-11-26-15-17-45(18-16-26)40(49)38-33-9-4-3-7-28(33)25-50-38/h3-10,12-13,20,22,25-27,35,42H,11,14-19,21,23-24H2,1-2H3,(H,43,47)/t27-,35-/m1/s1. The average molecular weight is 710 g/mol. The van der Waals surface area contributed by atoms with Crippen LogP contribution in [0.5, 0.6) is 0 Å². The largest absolute Gasteiger partial charge is 0.361 e. The first kappa shape index (κ1) is 34.3. The molecule has 10 heteroatoms. The SMILES string of the molecule is CN(C)C[C@H]1Cc2cc(Cl)ccc2N(C(=O)[C@@H](Cc2c[nH]c3ccccc23)NC(=O)CCC2CCN(C(=O)c3scc4ccccc34)CC2)C1. The molecule has 8 nitrogen and oxygen atoms in total. The maximum Gasteiger partial charge on any atom is 0.264 e. The molecule has 0 bridgehead atoms. The van der Waals surface area contributed by atoms with Crippen molar-refractivity contribution < 1.29 is 14.4 Å². The second-order valence-corrected chi connectivity index (χ2v) is 15.5. The lowest BCUT2D eigenvalue weighted by Crippen LogP contribution is -2.53. The van der Waals surface area contributed by atoms with E-state index in [9.17, 15) is 14.4 Å². The van der Waals surface area contributed by atoms with Crippen LogP contribution in [-0.2, 0) is 22.4 Å². The monoisotopic (exact) mass is 709 g/mol. The highest BCUT2D eigenvalue weighted by Gasteiger charge is 2.34. The molecule has 3 amide bonds. The zero-order valence-corrected chi connectivity index (χ0v) is 30.2. The molecule has 2 N–H and O–H groups in total. The van der Waals surface area contributed by atoms with Crippen molar-refractivity contribution in [3.05, 3.63) is 99.3 Å². The molecule has 2 atom stereocenters. The quantitative estimate of drug-likeness (QED) is 0.161. The second-order valence-electron chi connectivity index (χ2n) is 14.2. The number of nitrogens with one attached hydrogen (secondary N) is 2. The zero-order valence-electron chi connectivity index (χ0n) is 28.7. The van der Waals surface area contributed by atoms with E-state index in [-0.39, 0.29) is 23.6 Å². The minimum absolute atomic E-state index is 0.0976. The Morgan fingerprint density at radius 3 is 2.56 bits per heavy atom. The Hall–Kier alpha value is -4.18.